The molecule has 2 heterocycles. The Bertz CT molecular complexity index is 1080. The van der Waals surface area contributed by atoms with E-state index in [0.29, 0.717) is 55.3 Å². The number of carbonyl (C=O) groups excluding carboxylic acids is 2. The molecule has 0 spiro atoms. The van der Waals surface area contributed by atoms with Gasteiger partial charge < -0.3 is 19.4 Å². The molecule has 0 aliphatic rings. The van der Waals surface area contributed by atoms with Gasteiger partial charge in [0.1, 0.15) is 0 Å². The lowest BCUT2D eigenvalue weighted by atomic mass is 10.2. The Kier molecular flexibility index (Phi) is 6.36. The standard InChI is InChI=1S/2C9H5Cl2NO2/c2*10-5-1-6(11)9-7(2-5)12-3-8(9)14-4-13/h2*1-4,12H. The van der Waals surface area contributed by atoms with Crippen LogP contribution in [-0.2, 0) is 9.59 Å². The third-order valence-electron chi connectivity index (χ3n) is 3.67. The van der Waals surface area contributed by atoms with E-state index in [-0.39, 0.29) is 0 Å². The van der Waals surface area contributed by atoms with Gasteiger partial charge in [-0.2, -0.15) is 0 Å². The van der Waals surface area contributed by atoms with Crippen LogP contribution >= 0.6 is 46.4 Å². The van der Waals surface area contributed by atoms with Crippen LogP contribution in [0, 0.1) is 0 Å². The molecular weight excluding hydrogens is 450 g/mol. The van der Waals surface area contributed by atoms with Crippen molar-refractivity contribution in [3.8, 4) is 11.5 Å². The van der Waals surface area contributed by atoms with Gasteiger partial charge in [0.05, 0.1) is 31.9 Å². The van der Waals surface area contributed by atoms with Gasteiger partial charge >= 0.3 is 0 Å². The van der Waals surface area contributed by atoms with Crippen LogP contribution in [0.2, 0.25) is 20.1 Å². The molecule has 0 radical (unpaired) electrons. The zero-order chi connectivity index (χ0) is 20.3. The molecule has 2 N–H and O–H groups in total. The molecular formula is C18H10Cl4N2O4. The fraction of sp³-hybridized carbons (Fsp3) is 0. The largest absolute Gasteiger partial charge is 0.426 e. The number of rotatable bonds is 4. The SMILES string of the molecule is O=COc1c[nH]c2cc(Cl)cc(Cl)c12.O=COc1c[nH]c2cc(Cl)cc(Cl)c12. The van der Waals surface area contributed by atoms with Gasteiger partial charge in [-0.05, 0) is 24.3 Å². The lowest BCUT2D eigenvalue weighted by molar-refractivity contribution is -0.121. The zero-order valence-corrected chi connectivity index (χ0v) is 16.8. The van der Waals surface area contributed by atoms with Crippen molar-refractivity contribution in [2.24, 2.45) is 0 Å². The summed E-state index contributed by atoms with van der Waals surface area (Å²) in [5.74, 6) is 0.799. The highest BCUT2D eigenvalue weighted by molar-refractivity contribution is 6.39. The quantitative estimate of drug-likeness (QED) is 0.365. The Balaban J connectivity index is 0.000000161. The second kappa shape index (κ2) is 8.75. The minimum Gasteiger partial charge on any atom is -0.426 e. The Morgan fingerprint density at radius 1 is 0.679 bits per heavy atom. The van der Waals surface area contributed by atoms with Crippen molar-refractivity contribution in [2.45, 2.75) is 0 Å². The average Bonchev–Trinajstić information content (AvgIpc) is 3.21. The Morgan fingerprint density at radius 2 is 1.07 bits per heavy atom. The third kappa shape index (κ3) is 4.20. The van der Waals surface area contributed by atoms with Crippen molar-refractivity contribution in [1.82, 2.24) is 9.97 Å². The molecule has 0 atom stereocenters. The molecule has 0 bridgehead atoms. The van der Waals surface area contributed by atoms with Crippen molar-refractivity contribution in [3.63, 3.8) is 0 Å². The number of hydrogen-bond donors (Lipinski definition) is 2. The number of fused-ring (bicyclic) bond motifs is 2. The normalized spacial score (nSPS) is 10.4. The van der Waals surface area contributed by atoms with Crippen LogP contribution in [-0.4, -0.2) is 22.9 Å². The summed E-state index contributed by atoms with van der Waals surface area (Å²) in [5, 5.41) is 3.27. The lowest BCUT2D eigenvalue weighted by Gasteiger charge is -1.98. The van der Waals surface area contributed by atoms with Gasteiger partial charge in [0, 0.05) is 22.4 Å². The van der Waals surface area contributed by atoms with Gasteiger partial charge in [0.15, 0.2) is 11.5 Å². The van der Waals surface area contributed by atoms with E-state index in [9.17, 15) is 9.59 Å². The number of halogens is 4. The number of hydrogen-bond acceptors (Lipinski definition) is 4. The zero-order valence-electron chi connectivity index (χ0n) is 13.8. The first-order valence-corrected chi connectivity index (χ1v) is 9.08. The molecule has 0 amide bonds. The fourth-order valence-corrected chi connectivity index (χ4v) is 3.77. The highest BCUT2D eigenvalue weighted by atomic mass is 35.5. The van der Waals surface area contributed by atoms with E-state index >= 15 is 0 Å². The molecule has 2 aromatic heterocycles. The molecule has 0 saturated heterocycles. The van der Waals surface area contributed by atoms with Gasteiger partial charge in [-0.1, -0.05) is 46.4 Å². The Labute approximate surface area is 178 Å². The van der Waals surface area contributed by atoms with Crippen LogP contribution in [0.25, 0.3) is 21.8 Å². The minimum absolute atomic E-state index is 0.355. The highest BCUT2D eigenvalue weighted by Gasteiger charge is 2.10. The third-order valence-corrected chi connectivity index (χ3v) is 4.70. The van der Waals surface area contributed by atoms with Gasteiger partial charge in [0.25, 0.3) is 12.9 Å². The molecule has 0 aliphatic carbocycles. The van der Waals surface area contributed by atoms with E-state index in [1.165, 1.54) is 0 Å². The first kappa shape index (κ1) is 20.4. The topological polar surface area (TPSA) is 84.2 Å². The van der Waals surface area contributed by atoms with Crippen LogP contribution in [0.5, 0.6) is 11.5 Å². The maximum Gasteiger partial charge on any atom is 0.298 e. The second-order valence-electron chi connectivity index (χ2n) is 5.35. The molecule has 2 aromatic carbocycles. The molecule has 6 nitrogen and oxygen atoms in total. The molecule has 0 saturated carbocycles. The van der Waals surface area contributed by atoms with Crippen molar-refractivity contribution in [1.29, 1.82) is 0 Å². The van der Waals surface area contributed by atoms with E-state index in [1.54, 1.807) is 36.7 Å². The number of carbonyl (C=O) groups is 2. The number of benzene rings is 2. The molecule has 0 unspecified atom stereocenters. The lowest BCUT2D eigenvalue weighted by Crippen LogP contribution is -1.86. The summed E-state index contributed by atoms with van der Waals surface area (Å²) < 4.78 is 9.48. The number of H-pyrrole nitrogens is 2. The Hall–Kier alpha value is -2.38. The summed E-state index contributed by atoms with van der Waals surface area (Å²) in [6, 6.07) is 6.61. The summed E-state index contributed by atoms with van der Waals surface area (Å²) in [6.45, 7) is 0.709. The minimum atomic E-state index is 0.355. The number of aromatic amines is 2. The molecule has 144 valence electrons. The van der Waals surface area contributed by atoms with Crippen LogP contribution in [0.15, 0.2) is 36.7 Å². The van der Waals surface area contributed by atoms with Crippen molar-refractivity contribution in [2.75, 3.05) is 0 Å². The smallest absolute Gasteiger partial charge is 0.298 e. The second-order valence-corrected chi connectivity index (χ2v) is 7.04. The van der Waals surface area contributed by atoms with Gasteiger partial charge in [-0.15, -0.1) is 0 Å². The summed E-state index contributed by atoms with van der Waals surface area (Å²) in [5.41, 5.74) is 1.47. The molecule has 0 aliphatic heterocycles. The van der Waals surface area contributed by atoms with Crippen LogP contribution in [0.3, 0.4) is 0 Å². The van der Waals surface area contributed by atoms with Crippen LogP contribution in [0.4, 0.5) is 0 Å². The average molecular weight is 460 g/mol. The fourth-order valence-electron chi connectivity index (χ4n) is 2.60. The molecule has 28 heavy (non-hydrogen) atoms. The van der Waals surface area contributed by atoms with Crippen molar-refractivity contribution in [3.05, 3.63) is 56.7 Å². The monoisotopic (exact) mass is 458 g/mol. The van der Waals surface area contributed by atoms with E-state index in [0.717, 1.165) is 11.0 Å². The predicted molar refractivity (Wildman–Crippen MR) is 110 cm³/mol. The van der Waals surface area contributed by atoms with Gasteiger partial charge in [-0.3, -0.25) is 9.59 Å². The van der Waals surface area contributed by atoms with Crippen LogP contribution < -0.4 is 9.47 Å². The van der Waals surface area contributed by atoms with Crippen molar-refractivity contribution >= 4 is 81.2 Å². The van der Waals surface area contributed by atoms with E-state index in [1.807, 2.05) is 0 Å². The number of ether oxygens (including phenoxy) is 2. The van der Waals surface area contributed by atoms with Crippen LogP contribution in [0.1, 0.15) is 0 Å². The summed E-state index contributed by atoms with van der Waals surface area (Å²) in [6.07, 6.45) is 3.11. The first-order chi connectivity index (χ1) is 13.4. The van der Waals surface area contributed by atoms with Gasteiger partial charge in [0.2, 0.25) is 0 Å². The Morgan fingerprint density at radius 3 is 1.43 bits per heavy atom. The number of nitrogens with one attached hydrogen (secondary N) is 2. The summed E-state index contributed by atoms with van der Waals surface area (Å²) in [7, 11) is 0. The molecule has 4 rings (SSSR count). The van der Waals surface area contributed by atoms with E-state index in [4.69, 9.17) is 55.9 Å². The molecule has 4 aromatic rings. The maximum atomic E-state index is 10.2. The first-order valence-electron chi connectivity index (χ1n) is 7.57. The van der Waals surface area contributed by atoms with Gasteiger partial charge in [-0.25, -0.2) is 0 Å². The van der Waals surface area contributed by atoms with Crippen molar-refractivity contribution < 1.29 is 19.1 Å². The summed E-state index contributed by atoms with van der Waals surface area (Å²) >= 11 is 23.5. The maximum absolute atomic E-state index is 10.2. The predicted octanol–water partition coefficient (Wildman–Crippen LogP) is 6.02. The van der Waals surface area contributed by atoms with E-state index in [2.05, 4.69) is 9.97 Å². The summed E-state index contributed by atoms with van der Waals surface area (Å²) in [4.78, 5) is 26.2. The number of aromatic nitrogens is 2. The molecule has 0 fully saturated rings. The molecule has 10 heteroatoms. The highest BCUT2D eigenvalue weighted by Crippen LogP contribution is 2.35. The van der Waals surface area contributed by atoms with E-state index < -0.39 is 0 Å².